The van der Waals surface area contributed by atoms with Crippen molar-refractivity contribution in [2.24, 2.45) is 0 Å². The van der Waals surface area contributed by atoms with E-state index in [2.05, 4.69) is 10.3 Å². The predicted molar refractivity (Wildman–Crippen MR) is 72.8 cm³/mol. The molecule has 110 valence electrons. The summed E-state index contributed by atoms with van der Waals surface area (Å²) in [6, 6.07) is 1.68. The summed E-state index contributed by atoms with van der Waals surface area (Å²) in [4.78, 5) is 26.9. The molecule has 0 unspecified atom stereocenters. The Morgan fingerprint density at radius 1 is 1.40 bits per heavy atom. The van der Waals surface area contributed by atoms with Crippen LogP contribution >= 0.6 is 0 Å². The smallest absolute Gasteiger partial charge is 0.329 e. The van der Waals surface area contributed by atoms with Gasteiger partial charge in [0, 0.05) is 37.9 Å². The highest BCUT2D eigenvalue weighted by atomic mass is 16.5. The Labute approximate surface area is 117 Å². The summed E-state index contributed by atoms with van der Waals surface area (Å²) < 4.78 is 5.19. The minimum Gasteiger partial charge on any atom is -0.480 e. The maximum atomic E-state index is 12.4. The van der Waals surface area contributed by atoms with Crippen molar-refractivity contribution >= 4 is 11.9 Å². The lowest BCUT2D eigenvalue weighted by atomic mass is 9.89. The van der Waals surface area contributed by atoms with Gasteiger partial charge < -0.3 is 20.1 Å². The van der Waals surface area contributed by atoms with Crippen molar-refractivity contribution < 1.29 is 19.4 Å². The van der Waals surface area contributed by atoms with Gasteiger partial charge in [-0.15, -0.1) is 0 Å². The lowest BCUT2D eigenvalue weighted by Crippen LogP contribution is -2.57. The molecule has 1 aliphatic rings. The Bertz CT molecular complexity index is 501. The second-order valence-corrected chi connectivity index (χ2v) is 5.41. The molecule has 6 nitrogen and oxygen atoms in total. The average Bonchev–Trinajstić information content (AvgIpc) is 2.89. The Kier molecular flexibility index (Phi) is 4.13. The van der Waals surface area contributed by atoms with Crippen molar-refractivity contribution in [1.82, 2.24) is 10.3 Å². The first-order chi connectivity index (χ1) is 9.46. The number of amides is 1. The first-order valence-corrected chi connectivity index (χ1v) is 6.77. The zero-order chi connectivity index (χ0) is 14.8. The molecule has 1 saturated heterocycles. The van der Waals surface area contributed by atoms with E-state index in [9.17, 15) is 14.7 Å². The van der Waals surface area contributed by atoms with E-state index >= 15 is 0 Å². The SMILES string of the molecule is CC(C)c1[nH]ccc1C(=O)NC1(C(=O)O)CCOCC1. The molecule has 20 heavy (non-hydrogen) atoms. The van der Waals surface area contributed by atoms with Gasteiger partial charge in [-0.05, 0) is 12.0 Å². The van der Waals surface area contributed by atoms with Crippen molar-refractivity contribution in [1.29, 1.82) is 0 Å². The zero-order valence-corrected chi connectivity index (χ0v) is 11.7. The Morgan fingerprint density at radius 2 is 2.05 bits per heavy atom. The fourth-order valence-electron chi connectivity index (χ4n) is 2.45. The minimum atomic E-state index is -1.22. The van der Waals surface area contributed by atoms with Crippen LogP contribution in [0.1, 0.15) is 48.7 Å². The topological polar surface area (TPSA) is 91.4 Å². The molecule has 0 spiro atoms. The standard InChI is InChI=1S/C14H20N2O4/c1-9(2)11-10(3-6-15-11)12(17)16-14(13(18)19)4-7-20-8-5-14/h3,6,9,15H,4-5,7-8H2,1-2H3,(H,16,17)(H,18,19). The number of hydrogen-bond donors (Lipinski definition) is 3. The third kappa shape index (κ3) is 2.70. The van der Waals surface area contributed by atoms with Crippen LogP contribution in [0.5, 0.6) is 0 Å². The number of nitrogens with one attached hydrogen (secondary N) is 2. The number of rotatable bonds is 4. The fraction of sp³-hybridized carbons (Fsp3) is 0.571. The van der Waals surface area contributed by atoms with Crippen LogP contribution in [-0.2, 0) is 9.53 Å². The molecule has 2 heterocycles. The Balaban J connectivity index is 2.20. The summed E-state index contributed by atoms with van der Waals surface area (Å²) in [7, 11) is 0. The van der Waals surface area contributed by atoms with Gasteiger partial charge in [0.2, 0.25) is 0 Å². The molecule has 0 saturated carbocycles. The van der Waals surface area contributed by atoms with Gasteiger partial charge >= 0.3 is 5.97 Å². The first-order valence-electron chi connectivity index (χ1n) is 6.77. The molecule has 1 aromatic heterocycles. The summed E-state index contributed by atoms with van der Waals surface area (Å²) in [5.41, 5.74) is 0.100. The van der Waals surface area contributed by atoms with Crippen LogP contribution in [0.3, 0.4) is 0 Å². The molecule has 1 aromatic rings. The van der Waals surface area contributed by atoms with Crippen LogP contribution in [0.15, 0.2) is 12.3 Å². The third-order valence-corrected chi connectivity index (χ3v) is 3.71. The van der Waals surface area contributed by atoms with Crippen molar-refractivity contribution in [2.45, 2.75) is 38.1 Å². The number of H-pyrrole nitrogens is 1. The molecule has 0 bridgehead atoms. The van der Waals surface area contributed by atoms with Gasteiger partial charge in [-0.3, -0.25) is 4.79 Å². The van der Waals surface area contributed by atoms with Gasteiger partial charge in [0.05, 0.1) is 5.56 Å². The van der Waals surface area contributed by atoms with Gasteiger partial charge in [0.1, 0.15) is 5.54 Å². The van der Waals surface area contributed by atoms with Crippen molar-refractivity contribution in [2.75, 3.05) is 13.2 Å². The molecule has 0 aliphatic carbocycles. The number of carbonyl (C=O) groups excluding carboxylic acids is 1. The van der Waals surface area contributed by atoms with Crippen molar-refractivity contribution in [3.63, 3.8) is 0 Å². The number of aromatic amines is 1. The van der Waals surface area contributed by atoms with E-state index in [1.54, 1.807) is 12.3 Å². The number of aromatic nitrogens is 1. The molecule has 1 amide bonds. The summed E-state index contributed by atoms with van der Waals surface area (Å²) in [6.45, 7) is 4.64. The van der Waals surface area contributed by atoms with E-state index in [-0.39, 0.29) is 24.7 Å². The van der Waals surface area contributed by atoms with Crippen molar-refractivity contribution in [3.05, 3.63) is 23.5 Å². The minimum absolute atomic E-state index is 0.168. The quantitative estimate of drug-likeness (QED) is 0.779. The van der Waals surface area contributed by atoms with Gasteiger partial charge in [-0.2, -0.15) is 0 Å². The highest BCUT2D eigenvalue weighted by Gasteiger charge is 2.42. The number of carboxylic acids is 1. The molecule has 0 aromatic carbocycles. The van der Waals surface area contributed by atoms with E-state index in [0.717, 1.165) is 5.69 Å². The van der Waals surface area contributed by atoms with Crippen molar-refractivity contribution in [3.8, 4) is 0 Å². The largest absolute Gasteiger partial charge is 0.480 e. The van der Waals surface area contributed by atoms with E-state index in [0.29, 0.717) is 18.8 Å². The second-order valence-electron chi connectivity index (χ2n) is 5.41. The molecular weight excluding hydrogens is 260 g/mol. The third-order valence-electron chi connectivity index (χ3n) is 3.71. The van der Waals surface area contributed by atoms with Crippen LogP contribution < -0.4 is 5.32 Å². The molecule has 1 fully saturated rings. The van der Waals surface area contributed by atoms with E-state index in [1.807, 2.05) is 13.8 Å². The monoisotopic (exact) mass is 280 g/mol. The van der Waals surface area contributed by atoms with Gasteiger partial charge in [0.15, 0.2) is 0 Å². The molecule has 3 N–H and O–H groups in total. The number of aliphatic carboxylic acids is 1. The Morgan fingerprint density at radius 3 is 2.60 bits per heavy atom. The fourth-order valence-corrected chi connectivity index (χ4v) is 2.45. The summed E-state index contributed by atoms with van der Waals surface area (Å²) >= 11 is 0. The van der Waals surface area contributed by atoms with Gasteiger partial charge in [-0.1, -0.05) is 13.8 Å². The van der Waals surface area contributed by atoms with E-state index in [4.69, 9.17) is 4.74 Å². The molecular formula is C14H20N2O4. The number of ether oxygens (including phenoxy) is 1. The average molecular weight is 280 g/mol. The first kappa shape index (κ1) is 14.6. The normalized spacial score (nSPS) is 17.9. The van der Waals surface area contributed by atoms with Gasteiger partial charge in [-0.25, -0.2) is 4.79 Å². The molecule has 6 heteroatoms. The zero-order valence-electron chi connectivity index (χ0n) is 11.7. The summed E-state index contributed by atoms with van der Waals surface area (Å²) in [6.07, 6.45) is 2.27. The highest BCUT2D eigenvalue weighted by Crippen LogP contribution is 2.23. The van der Waals surface area contributed by atoms with Gasteiger partial charge in [0.25, 0.3) is 5.91 Å². The van der Waals surface area contributed by atoms with E-state index < -0.39 is 11.5 Å². The predicted octanol–water partition coefficient (Wildman–Crippen LogP) is 1.50. The highest BCUT2D eigenvalue weighted by molar-refractivity contribution is 5.99. The summed E-state index contributed by atoms with van der Waals surface area (Å²) in [5.74, 6) is -1.18. The van der Waals surface area contributed by atoms with Crippen LogP contribution in [0.25, 0.3) is 0 Å². The lowest BCUT2D eigenvalue weighted by Gasteiger charge is -2.33. The molecule has 1 aliphatic heterocycles. The second kappa shape index (κ2) is 5.66. The maximum Gasteiger partial charge on any atom is 0.329 e. The number of hydrogen-bond acceptors (Lipinski definition) is 3. The van der Waals surface area contributed by atoms with Crippen LogP contribution in [-0.4, -0.2) is 40.7 Å². The maximum absolute atomic E-state index is 12.4. The van der Waals surface area contributed by atoms with Crippen LogP contribution in [0.4, 0.5) is 0 Å². The van der Waals surface area contributed by atoms with Crippen LogP contribution in [0, 0.1) is 0 Å². The molecule has 2 rings (SSSR count). The number of carbonyl (C=O) groups is 2. The Hall–Kier alpha value is -1.82. The molecule has 0 radical (unpaired) electrons. The molecule has 0 atom stereocenters. The van der Waals surface area contributed by atoms with Crippen LogP contribution in [0.2, 0.25) is 0 Å². The number of carboxylic acid groups (broad SMARTS) is 1. The summed E-state index contributed by atoms with van der Waals surface area (Å²) in [5, 5.41) is 12.1. The lowest BCUT2D eigenvalue weighted by molar-refractivity contribution is -0.148. The van der Waals surface area contributed by atoms with E-state index in [1.165, 1.54) is 0 Å².